The third-order valence-electron chi connectivity index (χ3n) is 4.46. The largest absolute Gasteiger partial charge is 0.394 e. The highest BCUT2D eigenvalue weighted by atomic mass is 32.2. The van der Waals surface area contributed by atoms with Crippen molar-refractivity contribution in [2.75, 3.05) is 19.0 Å². The van der Waals surface area contributed by atoms with Crippen LogP contribution in [0, 0.1) is 0 Å². The number of nitrogens with zero attached hydrogens (tertiary/aromatic N) is 1. The molecule has 23 heavy (non-hydrogen) atoms. The molecule has 1 fully saturated rings. The van der Waals surface area contributed by atoms with Crippen LogP contribution in [0.5, 0.6) is 0 Å². The molecule has 0 heterocycles. The average molecular weight is 337 g/mol. The molecular formula is C18H28N2O2S. The molecule has 5 heteroatoms. The molecule has 1 aliphatic rings. The summed E-state index contributed by atoms with van der Waals surface area (Å²) in [5.41, 5.74) is 2.06. The van der Waals surface area contributed by atoms with Gasteiger partial charge in [0.2, 0.25) is 0 Å². The molecule has 1 aromatic rings. The van der Waals surface area contributed by atoms with Crippen molar-refractivity contribution >= 4 is 23.5 Å². The molecule has 1 unspecified atom stereocenters. The van der Waals surface area contributed by atoms with Crippen LogP contribution in [-0.2, 0) is 5.75 Å². The van der Waals surface area contributed by atoms with E-state index in [2.05, 4.69) is 11.4 Å². The summed E-state index contributed by atoms with van der Waals surface area (Å²) in [5.74, 6) is 0.997. The number of aliphatic hydroxyl groups is 1. The number of amides is 2. The number of rotatable bonds is 6. The second kappa shape index (κ2) is 9.18. The van der Waals surface area contributed by atoms with E-state index in [0.29, 0.717) is 0 Å². The predicted molar refractivity (Wildman–Crippen MR) is 97.9 cm³/mol. The van der Waals surface area contributed by atoms with E-state index in [0.717, 1.165) is 16.7 Å². The molecule has 1 aliphatic carbocycles. The van der Waals surface area contributed by atoms with Gasteiger partial charge >= 0.3 is 6.03 Å². The lowest BCUT2D eigenvalue weighted by molar-refractivity contribution is 0.166. The minimum absolute atomic E-state index is 0.0397. The molecule has 0 aliphatic heterocycles. The maximum atomic E-state index is 12.1. The zero-order chi connectivity index (χ0) is 16.7. The number of hydrogen-bond acceptors (Lipinski definition) is 3. The van der Waals surface area contributed by atoms with Crippen LogP contribution in [0.4, 0.5) is 10.5 Å². The highest BCUT2D eigenvalue weighted by molar-refractivity contribution is 7.99. The Morgan fingerprint density at radius 3 is 2.83 bits per heavy atom. The van der Waals surface area contributed by atoms with Gasteiger partial charge in [0, 0.05) is 23.7 Å². The number of thioether (sulfide) groups is 1. The fourth-order valence-electron chi connectivity index (χ4n) is 2.72. The van der Waals surface area contributed by atoms with Gasteiger partial charge in [-0.15, -0.1) is 0 Å². The smallest absolute Gasteiger partial charge is 0.321 e. The zero-order valence-corrected chi connectivity index (χ0v) is 14.9. The van der Waals surface area contributed by atoms with Crippen molar-refractivity contribution < 1.29 is 9.90 Å². The highest BCUT2D eigenvalue weighted by Crippen LogP contribution is 2.30. The summed E-state index contributed by atoms with van der Waals surface area (Å²) in [6.07, 6.45) is 6.79. The number of anilines is 1. The summed E-state index contributed by atoms with van der Waals surface area (Å²) in [4.78, 5) is 13.6. The van der Waals surface area contributed by atoms with Crippen molar-refractivity contribution in [3.05, 3.63) is 29.8 Å². The number of benzene rings is 1. The van der Waals surface area contributed by atoms with Crippen LogP contribution in [0.15, 0.2) is 24.3 Å². The predicted octanol–water partition coefficient (Wildman–Crippen LogP) is 4.10. The quantitative estimate of drug-likeness (QED) is 0.822. The minimum atomic E-state index is -0.194. The van der Waals surface area contributed by atoms with E-state index < -0.39 is 0 Å². The lowest BCUT2D eigenvalue weighted by Crippen LogP contribution is -2.40. The number of carbonyl (C=O) groups is 1. The van der Waals surface area contributed by atoms with E-state index in [4.69, 9.17) is 5.11 Å². The van der Waals surface area contributed by atoms with E-state index in [1.54, 1.807) is 7.05 Å². The molecular weight excluding hydrogens is 308 g/mol. The summed E-state index contributed by atoms with van der Waals surface area (Å²) in [7, 11) is 1.69. The van der Waals surface area contributed by atoms with Crippen LogP contribution in [-0.4, -0.2) is 41.0 Å². The molecule has 0 saturated heterocycles. The molecule has 1 aromatic carbocycles. The van der Waals surface area contributed by atoms with Gasteiger partial charge in [-0.25, -0.2) is 4.79 Å². The summed E-state index contributed by atoms with van der Waals surface area (Å²) in [6, 6.07) is 7.67. The first-order valence-electron chi connectivity index (χ1n) is 8.45. The van der Waals surface area contributed by atoms with Crippen LogP contribution < -0.4 is 5.32 Å². The van der Waals surface area contributed by atoms with Gasteiger partial charge in [0.15, 0.2) is 0 Å². The van der Waals surface area contributed by atoms with Gasteiger partial charge in [-0.1, -0.05) is 31.4 Å². The van der Waals surface area contributed by atoms with E-state index >= 15 is 0 Å². The third-order valence-corrected chi connectivity index (χ3v) is 5.90. The van der Waals surface area contributed by atoms with Crippen molar-refractivity contribution in [1.29, 1.82) is 0 Å². The monoisotopic (exact) mass is 336 g/mol. The van der Waals surface area contributed by atoms with Crippen LogP contribution in [0.2, 0.25) is 0 Å². The molecule has 2 amide bonds. The van der Waals surface area contributed by atoms with Crippen molar-refractivity contribution in [3.63, 3.8) is 0 Å². The number of nitrogens with one attached hydrogen (secondary N) is 1. The Hall–Kier alpha value is -1.20. The summed E-state index contributed by atoms with van der Waals surface area (Å²) >= 11 is 2.04. The maximum Gasteiger partial charge on any atom is 0.321 e. The SMILES string of the molecule is CC(CO)N(C)C(=O)Nc1cccc(CSC2CCCCC2)c1. The lowest BCUT2D eigenvalue weighted by atomic mass is 10.0. The van der Waals surface area contributed by atoms with E-state index in [9.17, 15) is 4.79 Å². The van der Waals surface area contributed by atoms with Crippen LogP contribution in [0.1, 0.15) is 44.6 Å². The Bertz CT molecular complexity index is 504. The first-order chi connectivity index (χ1) is 11.1. The normalized spacial score (nSPS) is 16.8. The Morgan fingerprint density at radius 1 is 1.39 bits per heavy atom. The molecule has 2 rings (SSSR count). The summed E-state index contributed by atoms with van der Waals surface area (Å²) in [5, 5.41) is 12.8. The highest BCUT2D eigenvalue weighted by Gasteiger charge is 2.16. The first kappa shape index (κ1) is 18.1. The first-order valence-corrected chi connectivity index (χ1v) is 9.50. The number of hydrogen-bond donors (Lipinski definition) is 2. The lowest BCUT2D eigenvalue weighted by Gasteiger charge is -2.23. The Morgan fingerprint density at radius 2 is 2.13 bits per heavy atom. The Kier molecular flexibility index (Phi) is 7.24. The zero-order valence-electron chi connectivity index (χ0n) is 14.1. The molecule has 1 atom stereocenters. The number of urea groups is 1. The van der Waals surface area contributed by atoms with Crippen molar-refractivity contribution in [2.24, 2.45) is 0 Å². The van der Waals surface area contributed by atoms with Gasteiger partial charge in [0.05, 0.1) is 12.6 Å². The maximum absolute atomic E-state index is 12.1. The van der Waals surface area contributed by atoms with Gasteiger partial charge in [-0.05, 0) is 37.5 Å². The topological polar surface area (TPSA) is 52.6 Å². The van der Waals surface area contributed by atoms with E-state index in [1.165, 1.54) is 42.6 Å². The van der Waals surface area contributed by atoms with Crippen LogP contribution in [0.3, 0.4) is 0 Å². The fraction of sp³-hybridized carbons (Fsp3) is 0.611. The molecule has 2 N–H and O–H groups in total. The minimum Gasteiger partial charge on any atom is -0.394 e. The van der Waals surface area contributed by atoms with Crippen molar-refractivity contribution in [3.8, 4) is 0 Å². The molecule has 0 spiro atoms. The molecule has 0 bridgehead atoms. The molecule has 4 nitrogen and oxygen atoms in total. The van der Waals surface area contributed by atoms with Gasteiger partial charge in [0.1, 0.15) is 0 Å². The molecule has 128 valence electrons. The molecule has 0 radical (unpaired) electrons. The van der Waals surface area contributed by atoms with Gasteiger partial charge in [-0.3, -0.25) is 0 Å². The fourth-order valence-corrected chi connectivity index (χ4v) is 3.99. The summed E-state index contributed by atoms with van der Waals surface area (Å²) in [6.45, 7) is 1.78. The number of aliphatic hydroxyl groups excluding tert-OH is 1. The second-order valence-electron chi connectivity index (χ2n) is 6.34. The number of carbonyl (C=O) groups excluding carboxylic acids is 1. The van der Waals surface area contributed by atoms with Gasteiger partial charge in [0.25, 0.3) is 0 Å². The molecule has 0 aromatic heterocycles. The molecule has 1 saturated carbocycles. The Labute approximate surface area is 143 Å². The van der Waals surface area contributed by atoms with E-state index in [-0.39, 0.29) is 18.7 Å². The van der Waals surface area contributed by atoms with Gasteiger partial charge < -0.3 is 15.3 Å². The van der Waals surface area contributed by atoms with Crippen molar-refractivity contribution in [2.45, 2.75) is 56.1 Å². The third kappa shape index (κ3) is 5.74. The average Bonchev–Trinajstić information content (AvgIpc) is 2.59. The van der Waals surface area contributed by atoms with E-state index in [1.807, 2.05) is 36.9 Å². The summed E-state index contributed by atoms with van der Waals surface area (Å²) < 4.78 is 0. The van der Waals surface area contributed by atoms with Crippen LogP contribution >= 0.6 is 11.8 Å². The standard InChI is InChI=1S/C18H28N2O2S/c1-14(12-21)20(2)18(22)19-16-8-6-7-15(11-16)13-23-17-9-4-3-5-10-17/h6-8,11,14,17,21H,3-5,9-10,12-13H2,1-2H3,(H,19,22). The van der Waals surface area contributed by atoms with Crippen LogP contribution in [0.25, 0.3) is 0 Å². The Balaban J connectivity index is 1.87. The van der Waals surface area contributed by atoms with Crippen molar-refractivity contribution in [1.82, 2.24) is 4.90 Å². The second-order valence-corrected chi connectivity index (χ2v) is 7.63. The van der Waals surface area contributed by atoms with Gasteiger partial charge in [-0.2, -0.15) is 11.8 Å². The number of likely N-dealkylation sites (N-methyl/N-ethyl adjacent to an activating group) is 1.